The summed E-state index contributed by atoms with van der Waals surface area (Å²) in [7, 11) is 0.350. The number of pyridine rings is 1. The second-order valence-electron chi connectivity index (χ2n) is 13.7. The molecule has 1 aliphatic carbocycles. The summed E-state index contributed by atoms with van der Waals surface area (Å²) in [6, 6.07) is 12.8. The van der Waals surface area contributed by atoms with Crippen LogP contribution in [0.15, 0.2) is 53.6 Å². The number of carbonyl (C=O) groups is 1. The van der Waals surface area contributed by atoms with Gasteiger partial charge in [-0.25, -0.2) is 13.2 Å². The van der Waals surface area contributed by atoms with Gasteiger partial charge < -0.3 is 19.7 Å². The predicted molar refractivity (Wildman–Crippen MR) is 185 cm³/mol. The largest absolute Gasteiger partial charge is 0.484 e. The maximum Gasteiger partial charge on any atom is 0.407 e. The minimum Gasteiger partial charge on any atom is -0.484 e. The zero-order valence-corrected chi connectivity index (χ0v) is 30.2. The van der Waals surface area contributed by atoms with E-state index < -0.39 is 21.7 Å². The van der Waals surface area contributed by atoms with Crippen LogP contribution in [0.25, 0.3) is 0 Å². The van der Waals surface area contributed by atoms with E-state index in [1.165, 1.54) is 0 Å². The number of ether oxygens (including phenoxy) is 2. The Bertz CT molecular complexity index is 1730. The van der Waals surface area contributed by atoms with Gasteiger partial charge >= 0.3 is 6.09 Å². The van der Waals surface area contributed by atoms with Crippen LogP contribution in [0.5, 0.6) is 5.75 Å². The summed E-state index contributed by atoms with van der Waals surface area (Å²) in [4.78, 5) is 18.7. The number of hydrogen-bond acceptors (Lipinski definition) is 7. The molecule has 5 rings (SSSR count). The van der Waals surface area contributed by atoms with E-state index in [1.807, 2.05) is 60.0 Å². The van der Waals surface area contributed by atoms with E-state index in [2.05, 4.69) is 15.2 Å². The van der Waals surface area contributed by atoms with Gasteiger partial charge in [-0.1, -0.05) is 23.2 Å². The second-order valence-corrected chi connectivity index (χ2v) is 16.5. The Morgan fingerprint density at radius 2 is 1.89 bits per heavy atom. The SMILES string of the molecule is Cc1cc(S(=O)(=O)N2CC[C@H](CCc3ccnc(CNC(=O)OC(C)(C)C)c3)C2)ccc1O[C@H]1c2cc(Cl)cc(Cl)c2C[C@@H]1N(C)C. The van der Waals surface area contributed by atoms with Crippen LogP contribution in [0.1, 0.15) is 67.7 Å². The first-order chi connectivity index (χ1) is 22.1. The molecular formula is C35H44Cl2N4O5S. The molecule has 0 bridgehead atoms. The number of halogens is 2. The number of nitrogens with zero attached hydrogens (tertiary/aromatic N) is 3. The van der Waals surface area contributed by atoms with Crippen molar-refractivity contribution in [1.29, 1.82) is 0 Å². The van der Waals surface area contributed by atoms with Crippen LogP contribution in [0.4, 0.5) is 4.79 Å². The number of benzene rings is 2. The predicted octanol–water partition coefficient (Wildman–Crippen LogP) is 6.97. The topological polar surface area (TPSA) is 101 Å². The first-order valence-corrected chi connectivity index (χ1v) is 18.1. The van der Waals surface area contributed by atoms with Crippen molar-refractivity contribution in [3.63, 3.8) is 0 Å². The highest BCUT2D eigenvalue weighted by Gasteiger charge is 2.38. The standard InChI is InChI=1S/C35H44Cl2N4O5S/c1-22-15-27(9-10-32(22)45-33-29-17-25(36)18-30(37)28(29)19-31(33)40(5)6)47(43,44)41-14-12-24(21-41)8-7-23-11-13-38-26(16-23)20-39-34(42)46-35(2,3)4/h9-11,13,15-18,24,31,33H,7-8,12,14,19-21H2,1-6H3,(H,39,42)/t24-,31-,33-/m0/s1. The van der Waals surface area contributed by atoms with Crippen molar-refractivity contribution in [3.05, 3.63) is 86.7 Å². The fourth-order valence-corrected chi connectivity index (χ4v) is 8.49. The lowest BCUT2D eigenvalue weighted by Gasteiger charge is -2.28. The Morgan fingerprint density at radius 3 is 2.60 bits per heavy atom. The number of hydrogen-bond donors (Lipinski definition) is 1. The van der Waals surface area contributed by atoms with E-state index in [0.29, 0.717) is 28.9 Å². The van der Waals surface area contributed by atoms with Crippen molar-refractivity contribution in [1.82, 2.24) is 19.5 Å². The third kappa shape index (κ3) is 8.59. The monoisotopic (exact) mass is 702 g/mol. The minimum atomic E-state index is -3.67. The van der Waals surface area contributed by atoms with Gasteiger partial charge in [-0.15, -0.1) is 0 Å². The highest BCUT2D eigenvalue weighted by atomic mass is 35.5. The summed E-state index contributed by atoms with van der Waals surface area (Å²) in [5, 5.41) is 3.93. The van der Waals surface area contributed by atoms with Gasteiger partial charge in [-0.05, 0) is 133 Å². The number of rotatable bonds is 10. The average Bonchev–Trinajstić information content (AvgIpc) is 3.61. The highest BCUT2D eigenvalue weighted by molar-refractivity contribution is 7.89. The number of aryl methyl sites for hydroxylation is 2. The Morgan fingerprint density at radius 1 is 1.13 bits per heavy atom. The van der Waals surface area contributed by atoms with Gasteiger partial charge in [0.2, 0.25) is 10.0 Å². The zero-order valence-electron chi connectivity index (χ0n) is 27.8. The molecule has 1 saturated heterocycles. The normalized spacial score (nSPS) is 20.0. The number of fused-ring (bicyclic) bond motifs is 1. The third-order valence-corrected chi connectivity index (χ3v) is 11.2. The summed E-state index contributed by atoms with van der Waals surface area (Å²) in [5.74, 6) is 0.871. The number of alkyl carbamates (subject to hydrolysis) is 1. The molecule has 0 spiro atoms. The van der Waals surface area contributed by atoms with Crippen LogP contribution >= 0.6 is 23.2 Å². The van der Waals surface area contributed by atoms with Crippen LogP contribution in [0.2, 0.25) is 10.0 Å². The molecule has 1 aliphatic heterocycles. The number of likely N-dealkylation sites (N-methyl/N-ethyl adjacent to an activating group) is 1. The van der Waals surface area contributed by atoms with Crippen LogP contribution in [-0.4, -0.2) is 67.5 Å². The van der Waals surface area contributed by atoms with Gasteiger partial charge in [0.1, 0.15) is 17.5 Å². The molecule has 3 aromatic rings. The lowest BCUT2D eigenvalue weighted by Crippen LogP contribution is -2.34. The fourth-order valence-electron chi connectivity index (χ4n) is 6.29. The maximum atomic E-state index is 13.7. The molecule has 2 heterocycles. The quantitative estimate of drug-likeness (QED) is 0.244. The van der Waals surface area contributed by atoms with E-state index in [0.717, 1.165) is 53.6 Å². The Kier molecular flexibility index (Phi) is 10.8. The Balaban J connectivity index is 1.19. The van der Waals surface area contributed by atoms with Crippen LogP contribution in [-0.2, 0) is 34.1 Å². The van der Waals surface area contributed by atoms with Crippen molar-refractivity contribution in [2.45, 2.75) is 82.6 Å². The molecule has 2 aliphatic rings. The molecule has 1 N–H and O–H groups in total. The molecule has 1 amide bonds. The molecule has 254 valence electrons. The minimum absolute atomic E-state index is 0.0537. The molecule has 3 atom stereocenters. The van der Waals surface area contributed by atoms with Crippen molar-refractivity contribution >= 4 is 39.3 Å². The Hall–Kier alpha value is -2.89. The van der Waals surface area contributed by atoms with Gasteiger partial charge in [0.25, 0.3) is 0 Å². The second kappa shape index (κ2) is 14.3. The third-order valence-electron chi connectivity index (χ3n) is 8.75. The van der Waals surface area contributed by atoms with Crippen LogP contribution in [0.3, 0.4) is 0 Å². The van der Waals surface area contributed by atoms with Crippen molar-refractivity contribution < 1.29 is 22.7 Å². The summed E-state index contributed by atoms with van der Waals surface area (Å²) >= 11 is 12.9. The highest BCUT2D eigenvalue weighted by Crippen LogP contribution is 2.43. The molecular weight excluding hydrogens is 659 g/mol. The van der Waals surface area contributed by atoms with Gasteiger partial charge in [0.05, 0.1) is 23.2 Å². The number of carbonyl (C=O) groups excluding carboxylic acids is 1. The van der Waals surface area contributed by atoms with Crippen LogP contribution in [0, 0.1) is 12.8 Å². The molecule has 0 unspecified atom stereocenters. The van der Waals surface area contributed by atoms with E-state index >= 15 is 0 Å². The van der Waals surface area contributed by atoms with Gasteiger partial charge in [-0.2, -0.15) is 4.31 Å². The average molecular weight is 704 g/mol. The molecule has 9 nitrogen and oxygen atoms in total. The number of amides is 1. The van der Waals surface area contributed by atoms with Gasteiger partial charge in [-0.3, -0.25) is 4.98 Å². The lowest BCUT2D eigenvalue weighted by molar-refractivity contribution is 0.0523. The lowest BCUT2D eigenvalue weighted by atomic mass is 9.99. The summed E-state index contributed by atoms with van der Waals surface area (Å²) < 4.78 is 40.8. The fraction of sp³-hybridized carbons (Fsp3) is 0.486. The number of aromatic nitrogens is 1. The van der Waals surface area contributed by atoms with E-state index in [-0.39, 0.29) is 29.5 Å². The van der Waals surface area contributed by atoms with E-state index in [4.69, 9.17) is 32.7 Å². The van der Waals surface area contributed by atoms with Crippen LogP contribution < -0.4 is 10.1 Å². The molecule has 12 heteroatoms. The summed E-state index contributed by atoms with van der Waals surface area (Å²) in [6.07, 6.45) is 4.13. The summed E-state index contributed by atoms with van der Waals surface area (Å²) in [5.41, 5.74) is 4.01. The first kappa shape index (κ1) is 35.4. The molecule has 1 fully saturated rings. The Labute approximate surface area is 288 Å². The smallest absolute Gasteiger partial charge is 0.407 e. The van der Waals surface area contributed by atoms with Crippen molar-refractivity contribution in [2.75, 3.05) is 27.2 Å². The van der Waals surface area contributed by atoms with E-state index in [9.17, 15) is 13.2 Å². The van der Waals surface area contributed by atoms with Gasteiger partial charge in [0, 0.05) is 34.9 Å². The van der Waals surface area contributed by atoms with Gasteiger partial charge in [0.15, 0.2) is 0 Å². The van der Waals surface area contributed by atoms with E-state index in [1.54, 1.807) is 34.8 Å². The summed E-state index contributed by atoms with van der Waals surface area (Å²) in [6.45, 7) is 8.56. The molecule has 47 heavy (non-hydrogen) atoms. The number of nitrogens with one attached hydrogen (secondary N) is 1. The van der Waals surface area contributed by atoms with Crippen molar-refractivity contribution in [2.24, 2.45) is 5.92 Å². The van der Waals surface area contributed by atoms with Crippen molar-refractivity contribution in [3.8, 4) is 5.75 Å². The number of sulfonamides is 1. The maximum absolute atomic E-state index is 13.7. The molecule has 1 aromatic heterocycles. The zero-order chi connectivity index (χ0) is 34.1. The molecule has 0 radical (unpaired) electrons. The molecule has 2 aromatic carbocycles. The molecule has 0 saturated carbocycles. The first-order valence-electron chi connectivity index (χ1n) is 15.9.